The summed E-state index contributed by atoms with van der Waals surface area (Å²) in [4.78, 5) is 1.70. The van der Waals surface area contributed by atoms with Crippen LogP contribution in [-0.4, -0.2) is 6.54 Å². The van der Waals surface area contributed by atoms with E-state index in [1.165, 1.54) is 23.4 Å². The lowest BCUT2D eigenvalue weighted by molar-refractivity contribution is 0.506. The van der Waals surface area contributed by atoms with Gasteiger partial charge in [-0.2, -0.15) is 0 Å². The summed E-state index contributed by atoms with van der Waals surface area (Å²) in [5.41, 5.74) is 1.22. The van der Waals surface area contributed by atoms with Crippen molar-refractivity contribution < 1.29 is 8.78 Å². The second-order valence-corrected chi connectivity index (χ2v) is 5.65. The molecule has 106 valence electrons. The highest BCUT2D eigenvalue weighted by atomic mass is 32.2. The van der Waals surface area contributed by atoms with Gasteiger partial charge in [-0.05, 0) is 48.9 Å². The fraction of sp³-hybridized carbons (Fsp3) is 0.250. The Morgan fingerprint density at radius 1 is 0.950 bits per heavy atom. The van der Waals surface area contributed by atoms with Gasteiger partial charge in [-0.3, -0.25) is 0 Å². The molecule has 4 heteroatoms. The average molecular weight is 293 g/mol. The van der Waals surface area contributed by atoms with E-state index in [1.807, 2.05) is 24.3 Å². The van der Waals surface area contributed by atoms with E-state index < -0.39 is 11.6 Å². The zero-order valence-electron chi connectivity index (χ0n) is 11.3. The Kier molecular flexibility index (Phi) is 5.56. The molecule has 0 spiro atoms. The minimum Gasteiger partial charge on any atom is -0.313 e. The van der Waals surface area contributed by atoms with Crippen molar-refractivity contribution in [3.05, 3.63) is 59.7 Å². The van der Waals surface area contributed by atoms with Crippen LogP contribution in [-0.2, 0) is 6.54 Å². The second-order valence-electron chi connectivity index (χ2n) is 4.50. The number of nitrogens with one attached hydrogen (secondary N) is 1. The monoisotopic (exact) mass is 293 g/mol. The summed E-state index contributed by atoms with van der Waals surface area (Å²) in [6.07, 6.45) is 1.12. The molecule has 1 nitrogen and oxygen atoms in total. The van der Waals surface area contributed by atoms with Gasteiger partial charge in [-0.1, -0.05) is 30.8 Å². The third kappa shape index (κ3) is 4.32. The molecule has 0 amide bonds. The molecule has 20 heavy (non-hydrogen) atoms. The molecule has 0 aliphatic carbocycles. The molecule has 0 atom stereocenters. The minimum absolute atomic E-state index is 0.695. The Morgan fingerprint density at radius 2 is 1.65 bits per heavy atom. The molecule has 2 aromatic rings. The second kappa shape index (κ2) is 7.41. The van der Waals surface area contributed by atoms with Crippen LogP contribution in [0.5, 0.6) is 0 Å². The molecule has 0 saturated carbocycles. The van der Waals surface area contributed by atoms with Gasteiger partial charge in [0.25, 0.3) is 0 Å². The first-order chi connectivity index (χ1) is 9.69. The van der Waals surface area contributed by atoms with Crippen LogP contribution < -0.4 is 5.32 Å². The predicted octanol–water partition coefficient (Wildman–Crippen LogP) is 4.62. The Balaban J connectivity index is 1.97. The lowest BCUT2D eigenvalue weighted by atomic mass is 10.2. The molecule has 1 N–H and O–H groups in total. The maximum atomic E-state index is 13.1. The fourth-order valence-corrected chi connectivity index (χ4v) is 2.60. The summed E-state index contributed by atoms with van der Waals surface area (Å²) in [6, 6.07) is 12.0. The molecule has 0 bridgehead atoms. The van der Waals surface area contributed by atoms with Crippen molar-refractivity contribution in [2.45, 2.75) is 29.7 Å². The van der Waals surface area contributed by atoms with Crippen molar-refractivity contribution >= 4 is 11.8 Å². The van der Waals surface area contributed by atoms with Gasteiger partial charge in [-0.15, -0.1) is 0 Å². The van der Waals surface area contributed by atoms with Crippen molar-refractivity contribution in [3.8, 4) is 0 Å². The largest absolute Gasteiger partial charge is 0.313 e. The van der Waals surface area contributed by atoms with Gasteiger partial charge >= 0.3 is 0 Å². The standard InChI is InChI=1S/C16H17F2NS/c1-2-9-19-11-12-3-5-13(6-4-12)20-14-7-8-15(17)16(18)10-14/h3-8,10,19H,2,9,11H2,1H3. The van der Waals surface area contributed by atoms with E-state index in [0.717, 1.165) is 30.5 Å². The Hall–Kier alpha value is -1.39. The first kappa shape index (κ1) is 15.0. The van der Waals surface area contributed by atoms with E-state index in [-0.39, 0.29) is 0 Å². The van der Waals surface area contributed by atoms with E-state index >= 15 is 0 Å². The first-order valence-electron chi connectivity index (χ1n) is 6.61. The van der Waals surface area contributed by atoms with Crippen molar-refractivity contribution in [3.63, 3.8) is 0 Å². The first-order valence-corrected chi connectivity index (χ1v) is 7.43. The zero-order valence-corrected chi connectivity index (χ0v) is 12.1. The Bertz CT molecular complexity index is 555. The molecule has 0 saturated heterocycles. The van der Waals surface area contributed by atoms with Crippen molar-refractivity contribution in [2.75, 3.05) is 6.54 Å². The lowest BCUT2D eigenvalue weighted by Crippen LogP contribution is -2.13. The number of hydrogen-bond acceptors (Lipinski definition) is 2. The van der Waals surface area contributed by atoms with Crippen LogP contribution in [0.25, 0.3) is 0 Å². The van der Waals surface area contributed by atoms with Crippen LogP contribution in [0.1, 0.15) is 18.9 Å². The molecule has 0 unspecified atom stereocenters. The third-order valence-electron chi connectivity index (χ3n) is 2.81. The van der Waals surface area contributed by atoms with Gasteiger partial charge in [0.2, 0.25) is 0 Å². The maximum Gasteiger partial charge on any atom is 0.159 e. The SMILES string of the molecule is CCCNCc1ccc(Sc2ccc(F)c(F)c2)cc1. The maximum absolute atomic E-state index is 13.1. The number of rotatable bonds is 6. The molecule has 0 fully saturated rings. The Morgan fingerprint density at radius 3 is 2.30 bits per heavy atom. The summed E-state index contributed by atoms with van der Waals surface area (Å²) in [5, 5.41) is 3.34. The average Bonchev–Trinajstić information content (AvgIpc) is 2.45. The molecule has 0 heterocycles. The van der Waals surface area contributed by atoms with Crippen LogP contribution in [0.15, 0.2) is 52.3 Å². The molecule has 0 aromatic heterocycles. The van der Waals surface area contributed by atoms with Crippen LogP contribution in [0.3, 0.4) is 0 Å². The molecule has 2 rings (SSSR count). The lowest BCUT2D eigenvalue weighted by Gasteiger charge is -2.06. The van der Waals surface area contributed by atoms with Gasteiger partial charge in [0.15, 0.2) is 11.6 Å². The molecule has 2 aromatic carbocycles. The number of hydrogen-bond donors (Lipinski definition) is 1. The molecular weight excluding hydrogens is 276 g/mol. The fourth-order valence-electron chi connectivity index (χ4n) is 1.76. The number of halogens is 2. The summed E-state index contributed by atoms with van der Waals surface area (Å²) in [7, 11) is 0. The van der Waals surface area contributed by atoms with Crippen molar-refractivity contribution in [1.82, 2.24) is 5.32 Å². The highest BCUT2D eigenvalue weighted by molar-refractivity contribution is 7.99. The van der Waals surface area contributed by atoms with E-state index in [0.29, 0.717) is 4.90 Å². The van der Waals surface area contributed by atoms with Crippen LogP contribution in [0.4, 0.5) is 8.78 Å². The quantitative estimate of drug-likeness (QED) is 0.780. The smallest absolute Gasteiger partial charge is 0.159 e. The number of benzene rings is 2. The van der Waals surface area contributed by atoms with Gasteiger partial charge in [-0.25, -0.2) is 8.78 Å². The van der Waals surface area contributed by atoms with Gasteiger partial charge in [0.05, 0.1) is 0 Å². The molecule has 0 aliphatic heterocycles. The van der Waals surface area contributed by atoms with E-state index in [1.54, 1.807) is 6.07 Å². The van der Waals surface area contributed by atoms with E-state index in [9.17, 15) is 8.78 Å². The summed E-state index contributed by atoms with van der Waals surface area (Å²) < 4.78 is 26.0. The Labute approximate surface area is 122 Å². The van der Waals surface area contributed by atoms with E-state index in [2.05, 4.69) is 12.2 Å². The van der Waals surface area contributed by atoms with Crippen LogP contribution >= 0.6 is 11.8 Å². The molecular formula is C16H17F2NS. The minimum atomic E-state index is -0.813. The van der Waals surface area contributed by atoms with Crippen molar-refractivity contribution in [1.29, 1.82) is 0 Å². The predicted molar refractivity (Wildman–Crippen MR) is 78.9 cm³/mol. The van der Waals surface area contributed by atoms with E-state index in [4.69, 9.17) is 0 Å². The van der Waals surface area contributed by atoms with Crippen LogP contribution in [0, 0.1) is 11.6 Å². The zero-order chi connectivity index (χ0) is 14.4. The van der Waals surface area contributed by atoms with Gasteiger partial charge in [0.1, 0.15) is 0 Å². The van der Waals surface area contributed by atoms with Crippen LogP contribution in [0.2, 0.25) is 0 Å². The molecule has 0 radical (unpaired) electrons. The summed E-state index contributed by atoms with van der Waals surface area (Å²) in [6.45, 7) is 3.99. The topological polar surface area (TPSA) is 12.0 Å². The van der Waals surface area contributed by atoms with Crippen molar-refractivity contribution in [2.24, 2.45) is 0 Å². The highest BCUT2D eigenvalue weighted by Gasteiger charge is 2.04. The summed E-state index contributed by atoms with van der Waals surface area (Å²) in [5.74, 6) is -1.62. The summed E-state index contributed by atoms with van der Waals surface area (Å²) >= 11 is 1.42. The van der Waals surface area contributed by atoms with Gasteiger partial charge < -0.3 is 5.32 Å². The van der Waals surface area contributed by atoms with Gasteiger partial charge in [0, 0.05) is 16.3 Å². The third-order valence-corrected chi connectivity index (χ3v) is 3.80. The highest BCUT2D eigenvalue weighted by Crippen LogP contribution is 2.28. The normalized spacial score (nSPS) is 10.8. The molecule has 0 aliphatic rings.